The molecule has 2 saturated carbocycles. The van der Waals surface area contributed by atoms with E-state index in [1.54, 1.807) is 12.5 Å². The van der Waals surface area contributed by atoms with Crippen LogP contribution in [-0.4, -0.2) is 49.2 Å². The molecule has 3 aliphatic carbocycles. The van der Waals surface area contributed by atoms with Gasteiger partial charge in [-0.3, -0.25) is 14.4 Å². The first-order valence-electron chi connectivity index (χ1n) is 14.6. The Hall–Kier alpha value is -3.39. The van der Waals surface area contributed by atoms with Crippen LogP contribution >= 0.6 is 0 Å². The molecule has 8 heteroatoms. The van der Waals surface area contributed by atoms with Crippen molar-refractivity contribution in [1.29, 1.82) is 0 Å². The van der Waals surface area contributed by atoms with E-state index in [4.69, 9.17) is 18.6 Å². The summed E-state index contributed by atoms with van der Waals surface area (Å²) < 4.78 is 23.8. The number of nitrogens with one attached hydrogen (secondary N) is 1. The third-order valence-electron chi connectivity index (χ3n) is 11.6. The Morgan fingerprint density at radius 3 is 2.51 bits per heavy atom. The first-order valence-corrected chi connectivity index (χ1v) is 14.6. The molecule has 0 bridgehead atoms. The number of hydrogen-bond donors (Lipinski definition) is 1. The zero-order chi connectivity index (χ0) is 28.9. The zero-order valence-corrected chi connectivity index (χ0v) is 24.1. The number of benzene rings is 1. The van der Waals surface area contributed by atoms with Crippen molar-refractivity contribution in [2.24, 2.45) is 28.1 Å². The van der Waals surface area contributed by atoms with Crippen molar-refractivity contribution >= 4 is 23.4 Å². The summed E-state index contributed by atoms with van der Waals surface area (Å²) in [6.07, 6.45) is 3.10. The number of carbonyl (C=O) groups excluding carboxylic acids is 3. The molecule has 5 aliphatic rings. The lowest BCUT2D eigenvalue weighted by Crippen LogP contribution is -2.70. The predicted molar refractivity (Wildman–Crippen MR) is 149 cm³/mol. The number of hydrogen-bond acceptors (Lipinski definition) is 8. The third kappa shape index (κ3) is 3.28. The minimum Gasteiger partial charge on any atom is -0.472 e. The molecular formula is C33H37NO7. The Labute approximate surface area is 239 Å². The van der Waals surface area contributed by atoms with Gasteiger partial charge in [-0.1, -0.05) is 37.6 Å². The molecule has 4 fully saturated rings. The van der Waals surface area contributed by atoms with Crippen molar-refractivity contribution in [2.45, 2.75) is 77.2 Å². The molecular weight excluding hydrogens is 522 g/mol. The van der Waals surface area contributed by atoms with Gasteiger partial charge in [-0.15, -0.1) is 0 Å². The molecule has 8 nitrogen and oxygen atoms in total. The number of ketones is 1. The van der Waals surface area contributed by atoms with Crippen molar-refractivity contribution in [1.82, 2.24) is 0 Å². The van der Waals surface area contributed by atoms with Gasteiger partial charge < -0.3 is 23.9 Å². The maximum atomic E-state index is 14.5. The van der Waals surface area contributed by atoms with E-state index < -0.39 is 46.3 Å². The molecule has 2 saturated heterocycles. The van der Waals surface area contributed by atoms with Gasteiger partial charge in [0.1, 0.15) is 18.0 Å². The summed E-state index contributed by atoms with van der Waals surface area (Å²) in [5.41, 5.74) is 1.51. The number of anilines is 1. The number of fused-ring (bicyclic) bond motifs is 4. The smallest absolute Gasteiger partial charge is 0.314 e. The second kappa shape index (κ2) is 8.81. The lowest BCUT2D eigenvalue weighted by atomic mass is 9.40. The van der Waals surface area contributed by atoms with Crippen molar-refractivity contribution in [3.05, 3.63) is 65.6 Å². The fraction of sp³-hybridized carbons (Fsp3) is 0.545. The number of allylic oxidation sites excluding steroid dienone is 1. The highest BCUT2D eigenvalue weighted by Gasteiger charge is 2.80. The summed E-state index contributed by atoms with van der Waals surface area (Å²) >= 11 is 0. The normalized spacial score (nSPS) is 42.4. The monoisotopic (exact) mass is 559 g/mol. The van der Waals surface area contributed by atoms with Crippen LogP contribution in [0.2, 0.25) is 0 Å². The molecule has 0 amide bonds. The summed E-state index contributed by atoms with van der Waals surface area (Å²) in [4.78, 5) is 41.6. The second-order valence-corrected chi connectivity index (χ2v) is 13.2. The standard InChI is InChI=1S/C33H37NO7/c1-17-20(18-11-12-39-16-18)13-21-26(17)32(3)22(14-25(36)38-5)31(2)24(35)15-23(34-19-9-7-6-8-10-19)33(4)28(31)27(29(32)40-21)41-30(33)37/h6-12,16,20-23,27-29,34H,13-15H2,1-5H3/t20-,21+,22-,23?,27?,28?,29-,31+,32-,33-/m1/s1. The van der Waals surface area contributed by atoms with Gasteiger partial charge in [0.05, 0.1) is 37.6 Å². The summed E-state index contributed by atoms with van der Waals surface area (Å²) in [5.74, 6) is -1.44. The SMILES string of the molecule is COC(=O)C[C@H]1[C@]2(C)C3=C(C)[C@H](c4ccoc4)C[C@@H]3O[C@@H]2C2OC(=O)[C@]3(C)C(Nc4ccccc4)CC(=O)[C@@]1(C)C23. The van der Waals surface area contributed by atoms with Crippen molar-refractivity contribution < 1.29 is 33.0 Å². The lowest BCUT2D eigenvalue weighted by molar-refractivity contribution is -0.198. The van der Waals surface area contributed by atoms with Crippen LogP contribution in [-0.2, 0) is 28.6 Å². The molecule has 41 heavy (non-hydrogen) atoms. The minimum atomic E-state index is -1.01. The average molecular weight is 560 g/mol. The molecule has 3 unspecified atom stereocenters. The van der Waals surface area contributed by atoms with Gasteiger partial charge in [0, 0.05) is 40.8 Å². The Morgan fingerprint density at radius 1 is 1.07 bits per heavy atom. The summed E-state index contributed by atoms with van der Waals surface area (Å²) in [6.45, 7) is 8.14. The van der Waals surface area contributed by atoms with E-state index in [0.29, 0.717) is 0 Å². The molecule has 7 rings (SSSR count). The van der Waals surface area contributed by atoms with Crippen molar-refractivity contribution in [3.63, 3.8) is 0 Å². The van der Waals surface area contributed by atoms with Crippen LogP contribution in [0.15, 0.2) is 64.5 Å². The molecule has 3 heterocycles. The molecule has 216 valence electrons. The average Bonchev–Trinajstić information content (AvgIpc) is 3.71. The molecule has 1 N–H and O–H groups in total. The Kier molecular flexibility index (Phi) is 5.69. The first-order chi connectivity index (χ1) is 19.6. The van der Waals surface area contributed by atoms with Crippen LogP contribution in [0.4, 0.5) is 5.69 Å². The molecule has 2 aliphatic heterocycles. The number of ether oxygens (including phenoxy) is 3. The Balaban J connectivity index is 1.38. The Bertz CT molecular complexity index is 1450. The van der Waals surface area contributed by atoms with Gasteiger partial charge in [-0.25, -0.2) is 0 Å². The van der Waals surface area contributed by atoms with Gasteiger partial charge >= 0.3 is 11.9 Å². The second-order valence-electron chi connectivity index (χ2n) is 13.2. The highest BCUT2D eigenvalue weighted by molar-refractivity contribution is 5.94. The molecule has 2 aromatic rings. The van der Waals surface area contributed by atoms with Crippen LogP contribution in [0.25, 0.3) is 0 Å². The van der Waals surface area contributed by atoms with E-state index in [0.717, 1.165) is 23.2 Å². The zero-order valence-electron chi connectivity index (χ0n) is 24.1. The van der Waals surface area contributed by atoms with E-state index in [2.05, 4.69) is 19.2 Å². The number of rotatable bonds is 5. The van der Waals surface area contributed by atoms with Crippen LogP contribution in [0.3, 0.4) is 0 Å². The van der Waals surface area contributed by atoms with E-state index >= 15 is 0 Å². The van der Waals surface area contributed by atoms with Crippen LogP contribution in [0.1, 0.15) is 58.4 Å². The summed E-state index contributed by atoms with van der Waals surface area (Å²) in [7, 11) is 1.38. The van der Waals surface area contributed by atoms with E-state index in [1.807, 2.05) is 50.2 Å². The van der Waals surface area contributed by atoms with Gasteiger partial charge in [0.25, 0.3) is 0 Å². The highest BCUT2D eigenvalue weighted by Crippen LogP contribution is 2.73. The predicted octanol–water partition coefficient (Wildman–Crippen LogP) is 5.06. The fourth-order valence-electron chi connectivity index (χ4n) is 9.76. The maximum Gasteiger partial charge on any atom is 0.314 e. The number of methoxy groups -OCH3 is 1. The van der Waals surface area contributed by atoms with Crippen LogP contribution in [0, 0.1) is 28.1 Å². The number of para-hydroxylation sites is 1. The van der Waals surface area contributed by atoms with E-state index in [9.17, 15) is 14.4 Å². The van der Waals surface area contributed by atoms with Crippen LogP contribution in [0.5, 0.6) is 0 Å². The van der Waals surface area contributed by atoms with Crippen molar-refractivity contribution in [2.75, 3.05) is 12.4 Å². The first kappa shape index (κ1) is 26.5. The number of esters is 2. The maximum absolute atomic E-state index is 14.5. The van der Waals surface area contributed by atoms with E-state index in [1.165, 1.54) is 12.7 Å². The summed E-state index contributed by atoms with van der Waals surface area (Å²) in [6, 6.07) is 11.2. The number of Topliss-reactive ketones (excluding diaryl/α,β-unsaturated/α-hetero) is 1. The fourth-order valence-corrected chi connectivity index (χ4v) is 9.76. The lowest BCUT2D eigenvalue weighted by Gasteiger charge is -2.61. The largest absolute Gasteiger partial charge is 0.472 e. The third-order valence-corrected chi connectivity index (χ3v) is 11.6. The van der Waals surface area contributed by atoms with Crippen LogP contribution < -0.4 is 5.32 Å². The Morgan fingerprint density at radius 2 is 1.83 bits per heavy atom. The molecule has 10 atom stereocenters. The van der Waals surface area contributed by atoms with Gasteiger partial charge in [-0.2, -0.15) is 0 Å². The van der Waals surface area contributed by atoms with Gasteiger partial charge in [0.2, 0.25) is 0 Å². The topological polar surface area (TPSA) is 104 Å². The quantitative estimate of drug-likeness (QED) is 0.401. The minimum absolute atomic E-state index is 0.0383. The highest BCUT2D eigenvalue weighted by atomic mass is 16.6. The molecule has 0 radical (unpaired) electrons. The number of furan rings is 1. The molecule has 1 aromatic heterocycles. The van der Waals surface area contributed by atoms with Crippen molar-refractivity contribution in [3.8, 4) is 0 Å². The van der Waals surface area contributed by atoms with Gasteiger partial charge in [-0.05, 0) is 55.5 Å². The van der Waals surface area contributed by atoms with E-state index in [-0.39, 0.29) is 42.6 Å². The number of carbonyl (C=O) groups is 3. The summed E-state index contributed by atoms with van der Waals surface area (Å²) in [5, 5.41) is 3.49. The molecule has 0 spiro atoms. The molecule has 1 aromatic carbocycles. The van der Waals surface area contributed by atoms with Gasteiger partial charge in [0.15, 0.2) is 0 Å².